The first-order valence-corrected chi connectivity index (χ1v) is 7.79. The molecule has 2 atom stereocenters. The van der Waals surface area contributed by atoms with Crippen molar-refractivity contribution in [3.8, 4) is 5.75 Å². The van der Waals surface area contributed by atoms with E-state index in [4.69, 9.17) is 9.84 Å². The number of carboxylic acid groups (broad SMARTS) is 1. The third-order valence-corrected chi connectivity index (χ3v) is 4.63. The number of carbonyl (C=O) groups is 2. The van der Waals surface area contributed by atoms with Crippen LogP contribution in [-0.2, 0) is 9.59 Å². The molecule has 0 aliphatic carbocycles. The number of likely N-dealkylation sites (tertiary alicyclic amines) is 1. The smallest absolute Gasteiger partial charge is 0.308 e. The van der Waals surface area contributed by atoms with E-state index in [0.29, 0.717) is 26.1 Å². The zero-order chi connectivity index (χ0) is 15.0. The van der Waals surface area contributed by atoms with Crippen molar-refractivity contribution in [3.63, 3.8) is 0 Å². The Hall–Kier alpha value is -1.56. The Bertz CT molecular complexity index is 589. The van der Waals surface area contributed by atoms with Crippen LogP contribution in [0.5, 0.6) is 5.75 Å². The number of halogens is 1. The van der Waals surface area contributed by atoms with Crippen LogP contribution in [0.3, 0.4) is 0 Å². The molecule has 21 heavy (non-hydrogen) atoms. The summed E-state index contributed by atoms with van der Waals surface area (Å²) in [5.41, 5.74) is 0.881. The number of fused-ring (bicyclic) bond motifs is 1. The average molecular weight is 354 g/mol. The highest BCUT2D eigenvalue weighted by Crippen LogP contribution is 2.37. The topological polar surface area (TPSA) is 66.8 Å². The Morgan fingerprint density at radius 2 is 2.19 bits per heavy atom. The molecule has 2 aliphatic rings. The first kappa shape index (κ1) is 14.4. The van der Waals surface area contributed by atoms with Gasteiger partial charge in [-0.05, 0) is 31.0 Å². The highest BCUT2D eigenvalue weighted by atomic mass is 79.9. The number of carbonyl (C=O) groups excluding carboxylic acids is 1. The highest BCUT2D eigenvalue weighted by Gasteiger charge is 2.36. The van der Waals surface area contributed by atoms with Crippen LogP contribution in [0.2, 0.25) is 0 Å². The third kappa shape index (κ3) is 2.77. The summed E-state index contributed by atoms with van der Waals surface area (Å²) in [6.07, 6.45) is 1.38. The summed E-state index contributed by atoms with van der Waals surface area (Å²) in [6.45, 7) is 1.26. The Labute approximate surface area is 131 Å². The summed E-state index contributed by atoms with van der Waals surface area (Å²) in [5, 5.41) is 9.13. The highest BCUT2D eigenvalue weighted by molar-refractivity contribution is 9.10. The molecule has 1 aromatic carbocycles. The first-order valence-electron chi connectivity index (χ1n) is 7.00. The molecular formula is C15H16BrNO4. The van der Waals surface area contributed by atoms with Gasteiger partial charge in [0.25, 0.3) is 0 Å². The van der Waals surface area contributed by atoms with Crippen molar-refractivity contribution in [2.75, 3.05) is 19.7 Å². The predicted molar refractivity (Wildman–Crippen MR) is 79.3 cm³/mol. The molecule has 1 N–H and O–H groups in total. The maximum atomic E-state index is 12.7. The molecule has 112 valence electrons. The molecule has 0 aromatic heterocycles. The summed E-state index contributed by atoms with van der Waals surface area (Å²) in [6, 6.07) is 5.64. The van der Waals surface area contributed by atoms with E-state index >= 15 is 0 Å². The van der Waals surface area contributed by atoms with Crippen LogP contribution in [-0.4, -0.2) is 41.6 Å². The van der Waals surface area contributed by atoms with Gasteiger partial charge in [0.1, 0.15) is 18.3 Å². The lowest BCUT2D eigenvalue weighted by atomic mass is 9.94. The van der Waals surface area contributed by atoms with Crippen molar-refractivity contribution >= 4 is 27.8 Å². The lowest BCUT2D eigenvalue weighted by Crippen LogP contribution is -2.44. The van der Waals surface area contributed by atoms with Gasteiger partial charge in [-0.2, -0.15) is 0 Å². The van der Waals surface area contributed by atoms with Crippen molar-refractivity contribution in [1.82, 2.24) is 4.90 Å². The Morgan fingerprint density at radius 1 is 1.38 bits per heavy atom. The van der Waals surface area contributed by atoms with E-state index in [1.165, 1.54) is 0 Å². The Morgan fingerprint density at radius 3 is 2.95 bits per heavy atom. The second-order valence-corrected chi connectivity index (χ2v) is 6.42. The molecule has 1 saturated heterocycles. The van der Waals surface area contributed by atoms with E-state index in [1.807, 2.05) is 18.2 Å². The zero-order valence-electron chi connectivity index (χ0n) is 11.4. The Kier molecular flexibility index (Phi) is 3.89. The molecule has 2 heterocycles. The summed E-state index contributed by atoms with van der Waals surface area (Å²) in [4.78, 5) is 25.5. The average Bonchev–Trinajstić information content (AvgIpc) is 2.89. The lowest BCUT2D eigenvalue weighted by molar-refractivity contribution is -0.146. The number of aliphatic carboxylic acids is 1. The van der Waals surface area contributed by atoms with Gasteiger partial charge in [0.2, 0.25) is 5.91 Å². The van der Waals surface area contributed by atoms with Gasteiger partial charge < -0.3 is 14.7 Å². The van der Waals surface area contributed by atoms with Gasteiger partial charge in [-0.25, -0.2) is 0 Å². The quantitative estimate of drug-likeness (QED) is 0.885. The molecule has 5 nitrogen and oxygen atoms in total. The molecule has 1 fully saturated rings. The van der Waals surface area contributed by atoms with Crippen LogP contribution in [0.25, 0.3) is 0 Å². The van der Waals surface area contributed by atoms with Gasteiger partial charge in [-0.15, -0.1) is 0 Å². The molecule has 3 rings (SSSR count). The van der Waals surface area contributed by atoms with E-state index in [0.717, 1.165) is 22.2 Å². The maximum Gasteiger partial charge on any atom is 0.308 e. The molecule has 0 spiro atoms. The van der Waals surface area contributed by atoms with E-state index in [9.17, 15) is 9.59 Å². The molecule has 0 bridgehead atoms. The standard InChI is InChI=1S/C15H16BrNO4/c16-10-3-4-13-11(6-10)12(8-21-13)14(18)17-5-1-2-9(7-17)15(19)20/h3-4,6,9,12H,1-2,5,7-8H2,(H,19,20)/t9-,12?/m0/s1. The largest absolute Gasteiger partial charge is 0.492 e. The number of carboxylic acids is 1. The lowest BCUT2D eigenvalue weighted by Gasteiger charge is -2.32. The second kappa shape index (κ2) is 5.67. The van der Waals surface area contributed by atoms with Crippen molar-refractivity contribution in [2.24, 2.45) is 5.92 Å². The molecule has 0 saturated carbocycles. The third-order valence-electron chi connectivity index (χ3n) is 4.13. The van der Waals surface area contributed by atoms with Crippen molar-refractivity contribution < 1.29 is 19.4 Å². The fourth-order valence-corrected chi connectivity index (χ4v) is 3.37. The summed E-state index contributed by atoms with van der Waals surface area (Å²) in [5.74, 6) is -0.892. The summed E-state index contributed by atoms with van der Waals surface area (Å²) in [7, 11) is 0. The van der Waals surface area contributed by atoms with Crippen molar-refractivity contribution in [3.05, 3.63) is 28.2 Å². The number of piperidine rings is 1. The van der Waals surface area contributed by atoms with Gasteiger partial charge in [-0.3, -0.25) is 9.59 Å². The number of hydrogen-bond acceptors (Lipinski definition) is 3. The molecule has 1 unspecified atom stereocenters. The normalized spacial score (nSPS) is 24.3. The number of ether oxygens (including phenoxy) is 1. The monoisotopic (exact) mass is 353 g/mol. The minimum absolute atomic E-state index is 0.0298. The first-order chi connectivity index (χ1) is 10.1. The number of amides is 1. The fourth-order valence-electron chi connectivity index (χ4n) is 2.99. The number of nitrogens with zero attached hydrogens (tertiary/aromatic N) is 1. The van der Waals surface area contributed by atoms with Crippen LogP contribution < -0.4 is 4.74 Å². The minimum Gasteiger partial charge on any atom is -0.492 e. The van der Waals surface area contributed by atoms with Crippen molar-refractivity contribution in [1.29, 1.82) is 0 Å². The van der Waals surface area contributed by atoms with Gasteiger partial charge in [0.05, 0.1) is 5.92 Å². The van der Waals surface area contributed by atoms with Crippen LogP contribution in [0.1, 0.15) is 24.3 Å². The fraction of sp³-hybridized carbons (Fsp3) is 0.467. The number of benzene rings is 1. The van der Waals surface area contributed by atoms with Gasteiger partial charge >= 0.3 is 5.97 Å². The minimum atomic E-state index is -0.821. The number of rotatable bonds is 2. The van der Waals surface area contributed by atoms with Crippen LogP contribution in [0.4, 0.5) is 0 Å². The predicted octanol–water partition coefficient (Wildman–Crippen LogP) is 2.25. The molecular weight excluding hydrogens is 338 g/mol. The van der Waals surface area contributed by atoms with Crippen LogP contribution in [0.15, 0.2) is 22.7 Å². The van der Waals surface area contributed by atoms with E-state index in [2.05, 4.69) is 15.9 Å². The molecule has 6 heteroatoms. The van der Waals surface area contributed by atoms with Gasteiger partial charge in [-0.1, -0.05) is 15.9 Å². The van der Waals surface area contributed by atoms with E-state index in [-0.39, 0.29) is 11.8 Å². The van der Waals surface area contributed by atoms with Crippen LogP contribution >= 0.6 is 15.9 Å². The van der Waals surface area contributed by atoms with Gasteiger partial charge in [0.15, 0.2) is 0 Å². The molecule has 2 aliphatic heterocycles. The number of hydrogen-bond donors (Lipinski definition) is 1. The zero-order valence-corrected chi connectivity index (χ0v) is 13.0. The van der Waals surface area contributed by atoms with E-state index < -0.39 is 11.9 Å². The van der Waals surface area contributed by atoms with Gasteiger partial charge in [0, 0.05) is 23.1 Å². The second-order valence-electron chi connectivity index (χ2n) is 5.51. The van der Waals surface area contributed by atoms with Crippen molar-refractivity contribution in [2.45, 2.75) is 18.8 Å². The molecule has 1 aromatic rings. The van der Waals surface area contributed by atoms with E-state index in [1.54, 1.807) is 4.90 Å². The van der Waals surface area contributed by atoms with Crippen LogP contribution in [0, 0.1) is 5.92 Å². The summed E-state index contributed by atoms with van der Waals surface area (Å²) < 4.78 is 6.48. The maximum absolute atomic E-state index is 12.7. The SMILES string of the molecule is O=C(O)[C@H]1CCCN(C(=O)C2COc3ccc(Br)cc32)C1. The molecule has 1 amide bonds. The Balaban J connectivity index is 1.78. The molecule has 0 radical (unpaired) electrons. The summed E-state index contributed by atoms with van der Waals surface area (Å²) >= 11 is 3.41.